The maximum absolute atomic E-state index is 11.7. The van der Waals surface area contributed by atoms with Gasteiger partial charge in [0.15, 0.2) is 0 Å². The van der Waals surface area contributed by atoms with Crippen LogP contribution in [0.2, 0.25) is 0 Å². The fourth-order valence-corrected chi connectivity index (χ4v) is 3.30. The molecule has 1 aromatic rings. The highest BCUT2D eigenvalue weighted by Gasteiger charge is 2.01. The standard InChI is InChI=1S/C25H40O3/c1-2-3-4-5-6-7-8-9-10-11-12-13-14-15-16-25(27)28-22-21-23-17-19-24(26)20-18-23/h17-22,26H,2-16H2,1H3. The first kappa shape index (κ1) is 24.3. The van der Waals surface area contributed by atoms with Crippen molar-refractivity contribution >= 4 is 12.0 Å². The highest BCUT2D eigenvalue weighted by molar-refractivity contribution is 5.70. The topological polar surface area (TPSA) is 46.5 Å². The van der Waals surface area contributed by atoms with Crippen LogP contribution in [0.3, 0.4) is 0 Å². The Hall–Kier alpha value is -1.77. The summed E-state index contributed by atoms with van der Waals surface area (Å²) in [7, 11) is 0. The number of benzene rings is 1. The molecule has 0 spiro atoms. The van der Waals surface area contributed by atoms with Crippen LogP contribution in [0.5, 0.6) is 5.75 Å². The van der Waals surface area contributed by atoms with E-state index in [9.17, 15) is 9.90 Å². The lowest BCUT2D eigenvalue weighted by molar-refractivity contribution is -0.138. The third-order valence-electron chi connectivity index (χ3n) is 5.09. The van der Waals surface area contributed by atoms with Crippen LogP contribution < -0.4 is 0 Å². The molecule has 28 heavy (non-hydrogen) atoms. The highest BCUT2D eigenvalue weighted by atomic mass is 16.5. The van der Waals surface area contributed by atoms with Crippen molar-refractivity contribution in [3.05, 3.63) is 36.1 Å². The zero-order valence-electron chi connectivity index (χ0n) is 17.8. The van der Waals surface area contributed by atoms with Crippen LogP contribution in [0.15, 0.2) is 30.5 Å². The zero-order chi connectivity index (χ0) is 20.3. The van der Waals surface area contributed by atoms with Gasteiger partial charge in [-0.3, -0.25) is 4.79 Å². The Morgan fingerprint density at radius 1 is 0.786 bits per heavy atom. The molecule has 0 saturated heterocycles. The molecule has 0 aromatic heterocycles. The van der Waals surface area contributed by atoms with Gasteiger partial charge in [0.1, 0.15) is 5.75 Å². The molecule has 0 unspecified atom stereocenters. The number of unbranched alkanes of at least 4 members (excludes halogenated alkanes) is 13. The molecule has 0 amide bonds. The van der Waals surface area contributed by atoms with Crippen molar-refractivity contribution in [2.75, 3.05) is 0 Å². The number of esters is 1. The number of aromatic hydroxyl groups is 1. The Labute approximate surface area is 172 Å². The highest BCUT2D eigenvalue weighted by Crippen LogP contribution is 2.14. The van der Waals surface area contributed by atoms with Gasteiger partial charge in [-0.2, -0.15) is 0 Å². The molecule has 0 atom stereocenters. The smallest absolute Gasteiger partial charge is 0.310 e. The van der Waals surface area contributed by atoms with Crippen molar-refractivity contribution in [3.63, 3.8) is 0 Å². The van der Waals surface area contributed by atoms with Crippen LogP contribution in [-0.4, -0.2) is 11.1 Å². The monoisotopic (exact) mass is 388 g/mol. The van der Waals surface area contributed by atoms with E-state index in [1.165, 1.54) is 83.3 Å². The van der Waals surface area contributed by atoms with Crippen LogP contribution in [0.25, 0.3) is 6.08 Å². The van der Waals surface area contributed by atoms with Crippen LogP contribution >= 0.6 is 0 Å². The molecule has 0 radical (unpaired) electrons. The third-order valence-corrected chi connectivity index (χ3v) is 5.09. The van der Waals surface area contributed by atoms with Crippen molar-refractivity contribution in [2.45, 2.75) is 103 Å². The van der Waals surface area contributed by atoms with Crippen LogP contribution in [-0.2, 0) is 9.53 Å². The van der Waals surface area contributed by atoms with Crippen LogP contribution in [0, 0.1) is 0 Å². The summed E-state index contributed by atoms with van der Waals surface area (Å²) in [5.74, 6) is 0.0564. The maximum Gasteiger partial charge on any atom is 0.310 e. The molecule has 1 N–H and O–H groups in total. The maximum atomic E-state index is 11.7. The Morgan fingerprint density at radius 3 is 1.75 bits per heavy atom. The molecule has 0 aliphatic heterocycles. The number of rotatable bonds is 17. The predicted molar refractivity (Wildman–Crippen MR) is 118 cm³/mol. The van der Waals surface area contributed by atoms with Gasteiger partial charge in [-0.05, 0) is 30.2 Å². The fourth-order valence-electron chi connectivity index (χ4n) is 3.30. The predicted octanol–water partition coefficient (Wildman–Crippen LogP) is 7.78. The zero-order valence-corrected chi connectivity index (χ0v) is 17.8. The lowest BCUT2D eigenvalue weighted by atomic mass is 10.0. The van der Waals surface area contributed by atoms with Crippen molar-refractivity contribution in [3.8, 4) is 5.75 Å². The first-order chi connectivity index (χ1) is 13.7. The largest absolute Gasteiger partial charge is 0.508 e. The Kier molecular flexibility index (Phi) is 15.0. The van der Waals surface area contributed by atoms with E-state index in [2.05, 4.69) is 6.92 Å². The molecule has 0 heterocycles. The van der Waals surface area contributed by atoms with Gasteiger partial charge in [0.05, 0.1) is 6.26 Å². The van der Waals surface area contributed by atoms with Gasteiger partial charge in [0.25, 0.3) is 0 Å². The second-order valence-corrected chi connectivity index (χ2v) is 7.73. The first-order valence-electron chi connectivity index (χ1n) is 11.4. The van der Waals surface area contributed by atoms with E-state index in [-0.39, 0.29) is 11.7 Å². The molecule has 0 aliphatic carbocycles. The van der Waals surface area contributed by atoms with Crippen molar-refractivity contribution in [1.82, 2.24) is 0 Å². The number of hydrogen-bond donors (Lipinski definition) is 1. The summed E-state index contributed by atoms with van der Waals surface area (Å²) in [5, 5.41) is 9.22. The Morgan fingerprint density at radius 2 is 1.25 bits per heavy atom. The van der Waals surface area contributed by atoms with E-state index in [1.54, 1.807) is 30.3 Å². The summed E-state index contributed by atoms with van der Waals surface area (Å²) in [6.07, 6.45) is 22.0. The molecule has 3 heteroatoms. The molecule has 158 valence electrons. The summed E-state index contributed by atoms with van der Waals surface area (Å²) in [5.41, 5.74) is 0.891. The molecule has 1 rings (SSSR count). The second-order valence-electron chi connectivity index (χ2n) is 7.73. The van der Waals surface area contributed by atoms with E-state index < -0.39 is 0 Å². The Bertz CT molecular complexity index is 519. The van der Waals surface area contributed by atoms with Crippen molar-refractivity contribution < 1.29 is 14.6 Å². The average Bonchev–Trinajstić information content (AvgIpc) is 2.70. The first-order valence-corrected chi connectivity index (χ1v) is 11.4. The number of carbonyl (C=O) groups is 1. The SMILES string of the molecule is CCCCCCCCCCCCCCCCC(=O)OC=Cc1ccc(O)cc1. The second kappa shape index (κ2) is 17.3. The van der Waals surface area contributed by atoms with E-state index in [0.29, 0.717) is 6.42 Å². The molecule has 0 saturated carbocycles. The quantitative estimate of drug-likeness (QED) is 0.168. The minimum atomic E-state index is -0.172. The summed E-state index contributed by atoms with van der Waals surface area (Å²) in [6, 6.07) is 6.76. The number of carbonyl (C=O) groups excluding carboxylic acids is 1. The summed E-state index contributed by atoms with van der Waals surface area (Å²) >= 11 is 0. The normalized spacial score (nSPS) is 11.2. The van der Waals surface area contributed by atoms with Crippen LogP contribution in [0.1, 0.15) is 109 Å². The van der Waals surface area contributed by atoms with E-state index >= 15 is 0 Å². The van der Waals surface area contributed by atoms with Crippen LogP contribution in [0.4, 0.5) is 0 Å². The van der Waals surface area contributed by atoms with E-state index in [0.717, 1.165) is 18.4 Å². The van der Waals surface area contributed by atoms with E-state index in [1.807, 2.05) is 0 Å². The lowest BCUT2D eigenvalue weighted by Gasteiger charge is -2.03. The Balaban J connectivity index is 1.85. The minimum absolute atomic E-state index is 0.172. The van der Waals surface area contributed by atoms with E-state index in [4.69, 9.17) is 4.74 Å². The van der Waals surface area contributed by atoms with Gasteiger partial charge in [-0.25, -0.2) is 0 Å². The summed E-state index contributed by atoms with van der Waals surface area (Å²) in [6.45, 7) is 2.27. The number of ether oxygens (including phenoxy) is 1. The van der Waals surface area contributed by atoms with Gasteiger partial charge >= 0.3 is 5.97 Å². The molecular weight excluding hydrogens is 348 g/mol. The average molecular weight is 389 g/mol. The number of phenolic OH excluding ortho intramolecular Hbond substituents is 1. The molecule has 0 bridgehead atoms. The van der Waals surface area contributed by atoms with Crippen molar-refractivity contribution in [2.24, 2.45) is 0 Å². The van der Waals surface area contributed by atoms with Crippen molar-refractivity contribution in [1.29, 1.82) is 0 Å². The van der Waals surface area contributed by atoms with Gasteiger partial charge in [0.2, 0.25) is 0 Å². The minimum Gasteiger partial charge on any atom is -0.508 e. The molecule has 0 fully saturated rings. The van der Waals surface area contributed by atoms with Gasteiger partial charge in [0, 0.05) is 6.42 Å². The molecule has 3 nitrogen and oxygen atoms in total. The van der Waals surface area contributed by atoms with Gasteiger partial charge in [-0.1, -0.05) is 103 Å². The lowest BCUT2D eigenvalue weighted by Crippen LogP contribution is -1.98. The van der Waals surface area contributed by atoms with Gasteiger partial charge in [-0.15, -0.1) is 0 Å². The molecule has 1 aromatic carbocycles. The molecule has 0 aliphatic rings. The summed E-state index contributed by atoms with van der Waals surface area (Å²) in [4.78, 5) is 11.7. The van der Waals surface area contributed by atoms with Gasteiger partial charge < -0.3 is 9.84 Å². The summed E-state index contributed by atoms with van der Waals surface area (Å²) < 4.78 is 5.11. The number of phenols is 1. The fraction of sp³-hybridized carbons (Fsp3) is 0.640. The molecular formula is C25H40O3. The number of hydrogen-bond acceptors (Lipinski definition) is 3. The third kappa shape index (κ3) is 14.3.